The van der Waals surface area contributed by atoms with Crippen LogP contribution in [-0.2, 0) is 70.5 Å². The van der Waals surface area contributed by atoms with Gasteiger partial charge in [-0.3, -0.25) is 0 Å². The molecule has 0 aliphatic rings. The normalized spacial score (nSPS) is 6.22. The summed E-state index contributed by atoms with van der Waals surface area (Å²) in [5.41, 5.74) is 0. The predicted octanol–water partition coefficient (Wildman–Crippen LogP) is -1.74. The molecular weight excluding hydrogens is 499 g/mol. The van der Waals surface area contributed by atoms with Crippen LogP contribution in [0, 0.1) is 0 Å². The van der Waals surface area contributed by atoms with Crippen LogP contribution >= 0.6 is 0 Å². The molecule has 59 valence electrons. The first-order valence-electron chi connectivity index (χ1n) is 1.10. The van der Waals surface area contributed by atoms with Crippen molar-refractivity contribution < 1.29 is 70.5 Å². The summed E-state index contributed by atoms with van der Waals surface area (Å²) in [6, 6.07) is 0. The van der Waals surface area contributed by atoms with E-state index >= 15 is 0 Å². The SMILES string of the molecule is [Ag].[BiH3].[O]=[V](=[O])[O][V](=[O])=[O]. The summed E-state index contributed by atoms with van der Waals surface area (Å²) in [7, 11) is 0. The van der Waals surface area contributed by atoms with E-state index in [4.69, 9.17) is 0 Å². The Morgan fingerprint density at radius 3 is 1.11 bits per heavy atom. The molecule has 0 aromatic rings. The molecule has 0 rings (SSSR count). The van der Waals surface area contributed by atoms with E-state index in [1.54, 1.807) is 0 Å². The van der Waals surface area contributed by atoms with Crippen LogP contribution in [0.25, 0.3) is 0 Å². The van der Waals surface area contributed by atoms with Crippen molar-refractivity contribution >= 4 is 26.2 Å². The molecule has 0 heterocycles. The maximum absolute atomic E-state index is 9.34. The summed E-state index contributed by atoms with van der Waals surface area (Å²) in [4.78, 5) is 0. The van der Waals surface area contributed by atoms with E-state index in [1.807, 2.05) is 0 Å². The molecule has 0 fully saturated rings. The van der Waals surface area contributed by atoms with Gasteiger partial charge in [0.2, 0.25) is 0 Å². The van der Waals surface area contributed by atoms with Crippen molar-refractivity contribution in [3.8, 4) is 0 Å². The average molecular weight is 502 g/mol. The van der Waals surface area contributed by atoms with Gasteiger partial charge >= 0.3 is 74.3 Å². The number of hydrogen-bond donors (Lipinski definition) is 0. The first-order valence-corrected chi connectivity index (χ1v) is 4.52. The van der Waals surface area contributed by atoms with Gasteiger partial charge in [-0.15, -0.1) is 0 Å². The van der Waals surface area contributed by atoms with Crippen LogP contribution in [0.3, 0.4) is 0 Å². The average Bonchev–Trinajstić information content (AvgIpc) is 1.27. The van der Waals surface area contributed by atoms with Crippen LogP contribution in [0.2, 0.25) is 0 Å². The van der Waals surface area contributed by atoms with Gasteiger partial charge in [0.15, 0.2) is 0 Å². The molecule has 9 heavy (non-hydrogen) atoms. The van der Waals surface area contributed by atoms with Gasteiger partial charge in [-0.1, -0.05) is 0 Å². The van der Waals surface area contributed by atoms with Gasteiger partial charge in [-0.2, -0.15) is 0 Å². The molecule has 0 atom stereocenters. The monoisotopic (exact) mass is 501 g/mol. The minimum absolute atomic E-state index is 0. The van der Waals surface area contributed by atoms with Crippen molar-refractivity contribution in [1.82, 2.24) is 0 Å². The van der Waals surface area contributed by atoms with Gasteiger partial charge < -0.3 is 0 Å². The van der Waals surface area contributed by atoms with Gasteiger partial charge in [0.25, 0.3) is 0 Å². The molecule has 0 aliphatic heterocycles. The summed E-state index contributed by atoms with van der Waals surface area (Å²) in [6.07, 6.45) is 0. The van der Waals surface area contributed by atoms with Gasteiger partial charge in [0, 0.05) is 22.4 Å². The molecule has 0 N–H and O–H groups in total. The Labute approximate surface area is 95.3 Å². The summed E-state index contributed by atoms with van der Waals surface area (Å²) in [6.45, 7) is 0. The van der Waals surface area contributed by atoms with Crippen LogP contribution in [0.15, 0.2) is 0 Å². The molecular formula is H3AgBiO5V2. The van der Waals surface area contributed by atoms with E-state index < -0.39 is 30.8 Å². The standard InChI is InChI=1S/Ag.Bi.5O.2V.3H. The van der Waals surface area contributed by atoms with Crippen LogP contribution in [0.5, 0.6) is 0 Å². The molecule has 0 aromatic carbocycles. The molecule has 9 heteroatoms. The first-order chi connectivity index (χ1) is 3.13. The Kier molecular flexibility index (Phi) is 19.0. The van der Waals surface area contributed by atoms with E-state index in [-0.39, 0.29) is 48.6 Å². The Morgan fingerprint density at radius 2 is 1.11 bits per heavy atom. The van der Waals surface area contributed by atoms with Crippen LogP contribution in [0.4, 0.5) is 0 Å². The Morgan fingerprint density at radius 1 is 0.889 bits per heavy atom. The van der Waals surface area contributed by atoms with Crippen molar-refractivity contribution in [2.75, 3.05) is 0 Å². The topological polar surface area (TPSA) is 77.5 Å². The third-order valence-electron chi connectivity index (χ3n) is 0.133. The van der Waals surface area contributed by atoms with Crippen LogP contribution in [0.1, 0.15) is 0 Å². The summed E-state index contributed by atoms with van der Waals surface area (Å²) in [5, 5.41) is 0. The Balaban J connectivity index is -0.000000180. The second-order valence-corrected chi connectivity index (χ2v) is 3.23. The summed E-state index contributed by atoms with van der Waals surface area (Å²) >= 11 is -7.69. The Hall–Kier alpha value is 1.95. The quantitative estimate of drug-likeness (QED) is 0.420. The van der Waals surface area contributed by atoms with Crippen molar-refractivity contribution in [3.05, 3.63) is 0 Å². The fourth-order valence-electron chi connectivity index (χ4n) is 0.0544. The zero-order chi connectivity index (χ0) is 5.86. The molecule has 0 saturated carbocycles. The van der Waals surface area contributed by atoms with Crippen molar-refractivity contribution in [1.29, 1.82) is 0 Å². The molecule has 0 amide bonds. The minimum atomic E-state index is -3.84. The Bertz CT molecular complexity index is 143. The number of hydrogen-bond acceptors (Lipinski definition) is 5. The summed E-state index contributed by atoms with van der Waals surface area (Å²) in [5.74, 6) is 0. The first kappa shape index (κ1) is 17.2. The third-order valence-corrected chi connectivity index (χ3v) is 2.27. The molecule has 0 saturated heterocycles. The van der Waals surface area contributed by atoms with E-state index in [1.165, 1.54) is 0 Å². The third kappa shape index (κ3) is 17.8. The van der Waals surface area contributed by atoms with Crippen LogP contribution in [-0.4, -0.2) is 26.2 Å². The van der Waals surface area contributed by atoms with Crippen LogP contribution < -0.4 is 0 Å². The van der Waals surface area contributed by atoms with Crippen molar-refractivity contribution in [3.63, 3.8) is 0 Å². The molecule has 0 unspecified atom stereocenters. The second kappa shape index (κ2) is 9.95. The van der Waals surface area contributed by atoms with Gasteiger partial charge in [0.1, 0.15) is 0 Å². The second-order valence-electron chi connectivity index (χ2n) is 0.529. The van der Waals surface area contributed by atoms with Crippen molar-refractivity contribution in [2.45, 2.75) is 0 Å². The van der Waals surface area contributed by atoms with Crippen molar-refractivity contribution in [2.24, 2.45) is 0 Å². The molecule has 0 aromatic heterocycles. The zero-order valence-electron chi connectivity index (χ0n) is 3.94. The van der Waals surface area contributed by atoms with Gasteiger partial charge in [-0.05, 0) is 0 Å². The molecule has 0 spiro atoms. The molecule has 5 nitrogen and oxygen atoms in total. The van der Waals surface area contributed by atoms with E-state index in [2.05, 4.69) is 2.59 Å². The van der Waals surface area contributed by atoms with E-state index in [9.17, 15) is 14.7 Å². The van der Waals surface area contributed by atoms with Gasteiger partial charge in [0.05, 0.1) is 0 Å². The predicted molar refractivity (Wildman–Crippen MR) is 13.8 cm³/mol. The molecule has 0 bridgehead atoms. The van der Waals surface area contributed by atoms with E-state index in [0.29, 0.717) is 0 Å². The van der Waals surface area contributed by atoms with Gasteiger partial charge in [-0.25, -0.2) is 0 Å². The molecule has 1 radical (unpaired) electrons. The fourth-order valence-corrected chi connectivity index (χ4v) is 0.925. The summed E-state index contributed by atoms with van der Waals surface area (Å²) < 4.78 is 40.7. The zero-order valence-corrected chi connectivity index (χ0v) is 13.7. The van der Waals surface area contributed by atoms with E-state index in [0.717, 1.165) is 0 Å². The fraction of sp³-hybridized carbons (Fsp3) is 0. The maximum atomic E-state index is 9.34. The molecule has 0 aliphatic carbocycles. The number of rotatable bonds is 2.